The third-order valence-corrected chi connectivity index (χ3v) is 5.51. The number of hydrogen-bond acceptors (Lipinski definition) is 4. The van der Waals surface area contributed by atoms with Gasteiger partial charge >= 0.3 is 0 Å². The number of thioether (sulfide) groups is 1. The SMILES string of the molecule is COc1ccc(N2C(=O)/C(=C/c3ccc(Cl)cc3)SC2=Nc2ccccc2)cc1. The highest BCUT2D eigenvalue weighted by Gasteiger charge is 2.34. The summed E-state index contributed by atoms with van der Waals surface area (Å²) in [4.78, 5) is 20.2. The lowest BCUT2D eigenvalue weighted by molar-refractivity contribution is -0.113. The van der Waals surface area contributed by atoms with Crippen molar-refractivity contribution in [1.29, 1.82) is 0 Å². The zero-order valence-electron chi connectivity index (χ0n) is 15.6. The van der Waals surface area contributed by atoms with E-state index in [1.54, 1.807) is 24.1 Å². The normalized spacial score (nSPS) is 16.6. The molecule has 4 rings (SSSR count). The summed E-state index contributed by atoms with van der Waals surface area (Å²) >= 11 is 7.32. The maximum absolute atomic E-state index is 13.2. The van der Waals surface area contributed by atoms with Crippen molar-refractivity contribution in [2.45, 2.75) is 0 Å². The fourth-order valence-electron chi connectivity index (χ4n) is 2.83. The van der Waals surface area contributed by atoms with E-state index in [1.807, 2.05) is 72.8 Å². The van der Waals surface area contributed by atoms with Crippen molar-refractivity contribution in [2.75, 3.05) is 12.0 Å². The summed E-state index contributed by atoms with van der Waals surface area (Å²) in [5.41, 5.74) is 2.42. The molecule has 1 heterocycles. The molecule has 1 aliphatic heterocycles. The summed E-state index contributed by atoms with van der Waals surface area (Å²) in [5.74, 6) is 0.608. The van der Waals surface area contributed by atoms with Crippen molar-refractivity contribution in [1.82, 2.24) is 0 Å². The van der Waals surface area contributed by atoms with Gasteiger partial charge < -0.3 is 4.74 Å². The predicted molar refractivity (Wildman–Crippen MR) is 121 cm³/mol. The number of methoxy groups -OCH3 is 1. The molecule has 3 aromatic carbocycles. The lowest BCUT2D eigenvalue weighted by Gasteiger charge is -2.16. The molecule has 0 unspecified atom stereocenters. The summed E-state index contributed by atoms with van der Waals surface area (Å²) in [6, 6.07) is 24.3. The van der Waals surface area contributed by atoms with Crippen LogP contribution in [-0.4, -0.2) is 18.2 Å². The fourth-order valence-corrected chi connectivity index (χ4v) is 3.96. The quantitative estimate of drug-likeness (QED) is 0.475. The molecule has 0 aliphatic carbocycles. The van der Waals surface area contributed by atoms with Crippen LogP contribution in [0.15, 0.2) is 88.8 Å². The van der Waals surface area contributed by atoms with Crippen LogP contribution in [0.4, 0.5) is 11.4 Å². The number of amidine groups is 1. The van der Waals surface area contributed by atoms with E-state index >= 15 is 0 Å². The van der Waals surface area contributed by atoms with Gasteiger partial charge in [0.25, 0.3) is 5.91 Å². The Kier molecular flexibility index (Phi) is 5.69. The minimum absolute atomic E-state index is 0.121. The molecule has 6 heteroatoms. The largest absolute Gasteiger partial charge is 0.497 e. The third-order valence-electron chi connectivity index (χ3n) is 4.29. The second-order valence-electron chi connectivity index (χ2n) is 6.23. The summed E-state index contributed by atoms with van der Waals surface area (Å²) in [6.45, 7) is 0. The van der Waals surface area contributed by atoms with Gasteiger partial charge in [-0.1, -0.05) is 41.9 Å². The van der Waals surface area contributed by atoms with Crippen LogP contribution in [0.2, 0.25) is 5.02 Å². The molecular weight excluding hydrogens is 404 g/mol. The van der Waals surface area contributed by atoms with Crippen LogP contribution < -0.4 is 9.64 Å². The number of anilines is 1. The fraction of sp³-hybridized carbons (Fsp3) is 0.0435. The maximum atomic E-state index is 13.2. The van der Waals surface area contributed by atoms with Crippen LogP contribution >= 0.6 is 23.4 Å². The van der Waals surface area contributed by atoms with Crippen molar-refractivity contribution in [3.05, 3.63) is 94.4 Å². The molecule has 29 heavy (non-hydrogen) atoms. The molecule has 144 valence electrons. The van der Waals surface area contributed by atoms with Gasteiger partial charge in [0, 0.05) is 5.02 Å². The molecule has 0 atom stereocenters. The highest BCUT2D eigenvalue weighted by atomic mass is 35.5. The average molecular weight is 421 g/mol. The van der Waals surface area contributed by atoms with Gasteiger partial charge in [-0.3, -0.25) is 9.69 Å². The first-order chi connectivity index (χ1) is 14.1. The van der Waals surface area contributed by atoms with Crippen LogP contribution in [-0.2, 0) is 4.79 Å². The first kappa shape index (κ1) is 19.3. The molecule has 0 aromatic heterocycles. The van der Waals surface area contributed by atoms with Crippen molar-refractivity contribution < 1.29 is 9.53 Å². The number of aliphatic imine (C=N–C) groups is 1. The lowest BCUT2D eigenvalue weighted by Crippen LogP contribution is -2.28. The average Bonchev–Trinajstić information content (AvgIpc) is 3.05. The standard InChI is InChI=1S/C23H17ClN2O2S/c1-28-20-13-11-19(12-14-20)26-22(27)21(15-16-7-9-17(24)10-8-16)29-23(26)25-18-5-3-2-4-6-18/h2-15H,1H3/b21-15-,25-23?. The van der Waals surface area contributed by atoms with E-state index in [1.165, 1.54) is 11.8 Å². The van der Waals surface area contributed by atoms with Gasteiger partial charge in [0.15, 0.2) is 5.17 Å². The molecule has 0 radical (unpaired) electrons. The van der Waals surface area contributed by atoms with E-state index in [4.69, 9.17) is 21.3 Å². The molecular formula is C23H17ClN2O2S. The second-order valence-corrected chi connectivity index (χ2v) is 7.68. The van der Waals surface area contributed by atoms with Crippen molar-refractivity contribution in [3.8, 4) is 5.75 Å². The Labute approximate surface area is 178 Å². The molecule has 3 aromatic rings. The van der Waals surface area contributed by atoms with Crippen molar-refractivity contribution >= 4 is 51.9 Å². The summed E-state index contributed by atoms with van der Waals surface area (Å²) in [7, 11) is 1.61. The van der Waals surface area contributed by atoms with Crippen LogP contribution in [0.3, 0.4) is 0 Å². The summed E-state index contributed by atoms with van der Waals surface area (Å²) < 4.78 is 5.23. The third kappa shape index (κ3) is 4.36. The molecule has 0 N–H and O–H groups in total. The molecule has 1 fully saturated rings. The van der Waals surface area contributed by atoms with Gasteiger partial charge in [-0.2, -0.15) is 0 Å². The Morgan fingerprint density at radius 1 is 0.966 bits per heavy atom. The number of para-hydroxylation sites is 1. The van der Waals surface area contributed by atoms with Gasteiger partial charge in [-0.25, -0.2) is 4.99 Å². The summed E-state index contributed by atoms with van der Waals surface area (Å²) in [6.07, 6.45) is 1.85. The minimum atomic E-state index is -0.121. The highest BCUT2D eigenvalue weighted by molar-refractivity contribution is 8.19. The molecule has 0 spiro atoms. The van der Waals surface area contributed by atoms with E-state index in [0.717, 1.165) is 22.7 Å². The molecule has 0 saturated carbocycles. The molecule has 1 amide bonds. The van der Waals surface area contributed by atoms with Gasteiger partial charge in [-0.15, -0.1) is 0 Å². The Hall–Kier alpha value is -3.02. The topological polar surface area (TPSA) is 41.9 Å². The summed E-state index contributed by atoms with van der Waals surface area (Å²) in [5, 5.41) is 1.26. The number of halogens is 1. The van der Waals surface area contributed by atoms with Gasteiger partial charge in [0.05, 0.1) is 23.4 Å². The van der Waals surface area contributed by atoms with E-state index in [-0.39, 0.29) is 5.91 Å². The molecule has 1 aliphatic rings. The van der Waals surface area contributed by atoms with Crippen molar-refractivity contribution in [2.24, 2.45) is 4.99 Å². The number of carbonyl (C=O) groups excluding carboxylic acids is 1. The Morgan fingerprint density at radius 3 is 2.31 bits per heavy atom. The van der Waals surface area contributed by atoms with Gasteiger partial charge in [-0.05, 0) is 71.9 Å². The predicted octanol–water partition coefficient (Wildman–Crippen LogP) is 6.16. The molecule has 0 bridgehead atoms. The number of benzene rings is 3. The zero-order chi connectivity index (χ0) is 20.2. The highest BCUT2D eigenvalue weighted by Crippen LogP contribution is 2.37. The van der Waals surface area contributed by atoms with Gasteiger partial charge in [0.2, 0.25) is 0 Å². The van der Waals surface area contributed by atoms with Crippen LogP contribution in [0, 0.1) is 0 Å². The first-order valence-corrected chi connectivity index (χ1v) is 10.1. The van der Waals surface area contributed by atoms with Gasteiger partial charge in [0.1, 0.15) is 5.75 Å². The van der Waals surface area contributed by atoms with Crippen LogP contribution in [0.25, 0.3) is 6.08 Å². The molecule has 4 nitrogen and oxygen atoms in total. The minimum Gasteiger partial charge on any atom is -0.497 e. The van der Waals surface area contributed by atoms with E-state index in [2.05, 4.69) is 0 Å². The lowest BCUT2D eigenvalue weighted by atomic mass is 10.2. The smallest absolute Gasteiger partial charge is 0.271 e. The number of nitrogens with zero attached hydrogens (tertiary/aromatic N) is 2. The monoisotopic (exact) mass is 420 g/mol. The number of ether oxygens (including phenoxy) is 1. The second kappa shape index (κ2) is 8.55. The number of carbonyl (C=O) groups is 1. The van der Waals surface area contributed by atoms with E-state index in [0.29, 0.717) is 15.1 Å². The Balaban J connectivity index is 1.75. The van der Waals surface area contributed by atoms with E-state index in [9.17, 15) is 4.79 Å². The number of amides is 1. The van der Waals surface area contributed by atoms with Crippen LogP contribution in [0.1, 0.15) is 5.56 Å². The maximum Gasteiger partial charge on any atom is 0.271 e. The van der Waals surface area contributed by atoms with Crippen LogP contribution in [0.5, 0.6) is 5.75 Å². The number of hydrogen-bond donors (Lipinski definition) is 0. The van der Waals surface area contributed by atoms with E-state index < -0.39 is 0 Å². The van der Waals surface area contributed by atoms with Crippen molar-refractivity contribution in [3.63, 3.8) is 0 Å². The first-order valence-electron chi connectivity index (χ1n) is 8.91. The zero-order valence-corrected chi connectivity index (χ0v) is 17.2. The Morgan fingerprint density at radius 2 is 1.66 bits per heavy atom. The number of rotatable bonds is 4. The molecule has 1 saturated heterocycles. The Bertz CT molecular complexity index is 1080.